The minimum Gasteiger partial charge on any atom is -0.377 e. The van der Waals surface area contributed by atoms with Gasteiger partial charge in [0.2, 0.25) is 0 Å². The van der Waals surface area contributed by atoms with Crippen LogP contribution >= 0.6 is 11.6 Å². The molecule has 4 heteroatoms. The smallest absolute Gasteiger partial charge is 0.155 e. The lowest BCUT2D eigenvalue weighted by Crippen LogP contribution is -2.01. The van der Waals surface area contributed by atoms with Gasteiger partial charge in [0.05, 0.1) is 0 Å². The van der Waals surface area contributed by atoms with E-state index in [0.29, 0.717) is 17.6 Å². The first-order valence-electron chi connectivity index (χ1n) is 4.77. The second kappa shape index (κ2) is 5.94. The summed E-state index contributed by atoms with van der Waals surface area (Å²) in [6, 6.07) is 1.82. The maximum atomic E-state index is 5.86. The molecule has 0 amide bonds. The largest absolute Gasteiger partial charge is 0.377 e. The first kappa shape index (κ1) is 11.4. The molecule has 1 aromatic rings. The van der Waals surface area contributed by atoms with Gasteiger partial charge in [0.25, 0.3) is 0 Å². The van der Waals surface area contributed by atoms with Gasteiger partial charge in [-0.2, -0.15) is 0 Å². The van der Waals surface area contributed by atoms with Crippen LogP contribution in [0.4, 0.5) is 0 Å². The van der Waals surface area contributed by atoms with Crippen LogP contribution in [-0.4, -0.2) is 17.1 Å². The summed E-state index contributed by atoms with van der Waals surface area (Å²) in [5.74, 6) is 0.658. The molecule has 0 atom stereocenters. The van der Waals surface area contributed by atoms with E-state index in [9.17, 15) is 0 Å². The standard InChI is InChI=1S/C10H15ClN2O/c1-3-4-5-8-6-9(11)13-10(12-8)7-14-2/h6H,3-5,7H2,1-2H3. The van der Waals surface area contributed by atoms with Crippen LogP contribution in [0.5, 0.6) is 0 Å². The van der Waals surface area contributed by atoms with Gasteiger partial charge in [-0.1, -0.05) is 24.9 Å². The lowest BCUT2D eigenvalue weighted by molar-refractivity contribution is 0.177. The first-order valence-corrected chi connectivity index (χ1v) is 5.15. The molecule has 3 nitrogen and oxygen atoms in total. The minimum atomic E-state index is 0.416. The summed E-state index contributed by atoms with van der Waals surface area (Å²) in [7, 11) is 1.62. The van der Waals surface area contributed by atoms with Gasteiger partial charge >= 0.3 is 0 Å². The minimum absolute atomic E-state index is 0.416. The van der Waals surface area contributed by atoms with Gasteiger partial charge < -0.3 is 4.74 Å². The molecule has 0 spiro atoms. The molecule has 0 aliphatic carbocycles. The Morgan fingerprint density at radius 2 is 2.21 bits per heavy atom. The topological polar surface area (TPSA) is 35.0 Å². The molecule has 0 aromatic carbocycles. The van der Waals surface area contributed by atoms with Gasteiger partial charge in [0.1, 0.15) is 11.8 Å². The van der Waals surface area contributed by atoms with Crippen molar-refractivity contribution in [2.75, 3.05) is 7.11 Å². The maximum Gasteiger partial charge on any atom is 0.155 e. The van der Waals surface area contributed by atoms with Crippen molar-refractivity contribution >= 4 is 11.6 Å². The third-order valence-electron chi connectivity index (χ3n) is 1.85. The first-order chi connectivity index (χ1) is 6.76. The van der Waals surface area contributed by atoms with E-state index in [4.69, 9.17) is 16.3 Å². The highest BCUT2D eigenvalue weighted by Crippen LogP contribution is 2.10. The SMILES string of the molecule is CCCCc1cc(Cl)nc(COC)n1. The fraction of sp³-hybridized carbons (Fsp3) is 0.600. The summed E-state index contributed by atoms with van der Waals surface area (Å²) in [6.45, 7) is 2.57. The Bertz CT molecular complexity index is 291. The van der Waals surface area contributed by atoms with Crippen molar-refractivity contribution in [2.45, 2.75) is 32.8 Å². The molecule has 0 saturated heterocycles. The van der Waals surface area contributed by atoms with Crippen molar-refractivity contribution in [1.29, 1.82) is 0 Å². The predicted molar refractivity (Wildman–Crippen MR) is 56.4 cm³/mol. The molecule has 0 unspecified atom stereocenters. The summed E-state index contributed by atoms with van der Waals surface area (Å²) in [5, 5.41) is 0.498. The zero-order valence-electron chi connectivity index (χ0n) is 8.59. The Hall–Kier alpha value is -0.670. The van der Waals surface area contributed by atoms with Crippen LogP contribution in [0.15, 0.2) is 6.07 Å². The molecule has 0 aliphatic heterocycles. The molecule has 0 radical (unpaired) electrons. The average Bonchev–Trinajstić information content (AvgIpc) is 2.14. The summed E-state index contributed by atoms with van der Waals surface area (Å²) in [6.07, 6.45) is 3.23. The summed E-state index contributed by atoms with van der Waals surface area (Å²) in [4.78, 5) is 8.40. The molecule has 1 aromatic heterocycles. The van der Waals surface area contributed by atoms with Gasteiger partial charge in [-0.05, 0) is 18.9 Å². The lowest BCUT2D eigenvalue weighted by Gasteiger charge is -2.03. The number of aryl methyl sites for hydroxylation is 1. The number of hydrogen-bond acceptors (Lipinski definition) is 3. The zero-order chi connectivity index (χ0) is 10.4. The van der Waals surface area contributed by atoms with Crippen LogP contribution < -0.4 is 0 Å². The number of halogens is 1. The molecule has 0 N–H and O–H groups in total. The third-order valence-corrected chi connectivity index (χ3v) is 2.05. The van der Waals surface area contributed by atoms with Gasteiger partial charge in [0, 0.05) is 12.8 Å². The number of hydrogen-bond donors (Lipinski definition) is 0. The average molecular weight is 215 g/mol. The van der Waals surface area contributed by atoms with E-state index in [1.54, 1.807) is 7.11 Å². The van der Waals surface area contributed by atoms with Crippen molar-refractivity contribution in [2.24, 2.45) is 0 Å². The van der Waals surface area contributed by atoms with Gasteiger partial charge in [0.15, 0.2) is 5.82 Å². The van der Waals surface area contributed by atoms with Crippen LogP contribution in [0, 0.1) is 0 Å². The highest BCUT2D eigenvalue weighted by molar-refractivity contribution is 6.29. The highest BCUT2D eigenvalue weighted by atomic mass is 35.5. The number of rotatable bonds is 5. The fourth-order valence-corrected chi connectivity index (χ4v) is 1.42. The summed E-state index contributed by atoms with van der Waals surface area (Å²) in [5.41, 5.74) is 0.999. The van der Waals surface area contributed by atoms with Crippen LogP contribution in [0.1, 0.15) is 31.3 Å². The predicted octanol–water partition coefficient (Wildman–Crippen LogP) is 2.62. The molecule has 78 valence electrons. The van der Waals surface area contributed by atoms with Crippen molar-refractivity contribution in [3.8, 4) is 0 Å². The van der Waals surface area contributed by atoms with E-state index in [1.807, 2.05) is 6.07 Å². The second-order valence-electron chi connectivity index (χ2n) is 3.13. The quantitative estimate of drug-likeness (QED) is 0.707. The van der Waals surface area contributed by atoms with E-state index in [-0.39, 0.29) is 0 Å². The van der Waals surface area contributed by atoms with Crippen molar-refractivity contribution < 1.29 is 4.74 Å². The molecule has 0 bridgehead atoms. The van der Waals surface area contributed by atoms with E-state index < -0.39 is 0 Å². The summed E-state index contributed by atoms with van der Waals surface area (Å²) < 4.78 is 4.96. The van der Waals surface area contributed by atoms with E-state index in [1.165, 1.54) is 0 Å². The number of ether oxygens (including phenoxy) is 1. The fourth-order valence-electron chi connectivity index (χ4n) is 1.20. The highest BCUT2D eigenvalue weighted by Gasteiger charge is 2.02. The van der Waals surface area contributed by atoms with E-state index in [2.05, 4.69) is 16.9 Å². The molecular weight excluding hydrogens is 200 g/mol. The van der Waals surface area contributed by atoms with Crippen molar-refractivity contribution in [3.63, 3.8) is 0 Å². The number of unbranched alkanes of at least 4 members (excludes halogenated alkanes) is 1. The van der Waals surface area contributed by atoms with Crippen molar-refractivity contribution in [1.82, 2.24) is 9.97 Å². The summed E-state index contributed by atoms with van der Waals surface area (Å²) >= 11 is 5.86. The number of aromatic nitrogens is 2. The lowest BCUT2D eigenvalue weighted by atomic mass is 10.2. The molecule has 0 aliphatic rings. The van der Waals surface area contributed by atoms with Gasteiger partial charge in [-0.3, -0.25) is 0 Å². The normalized spacial score (nSPS) is 10.5. The van der Waals surface area contributed by atoms with Crippen LogP contribution in [0.2, 0.25) is 5.15 Å². The third kappa shape index (κ3) is 3.60. The van der Waals surface area contributed by atoms with Crippen LogP contribution in [-0.2, 0) is 17.8 Å². The van der Waals surface area contributed by atoms with Crippen molar-refractivity contribution in [3.05, 3.63) is 22.7 Å². The molecule has 0 fully saturated rings. The zero-order valence-corrected chi connectivity index (χ0v) is 9.34. The van der Waals surface area contributed by atoms with Gasteiger partial charge in [-0.25, -0.2) is 9.97 Å². The molecule has 1 rings (SSSR count). The monoisotopic (exact) mass is 214 g/mol. The van der Waals surface area contributed by atoms with E-state index in [0.717, 1.165) is 25.0 Å². The van der Waals surface area contributed by atoms with Crippen LogP contribution in [0.25, 0.3) is 0 Å². The second-order valence-corrected chi connectivity index (χ2v) is 3.52. The molecule has 1 heterocycles. The number of methoxy groups -OCH3 is 1. The van der Waals surface area contributed by atoms with Crippen LogP contribution in [0.3, 0.4) is 0 Å². The Morgan fingerprint density at radius 1 is 1.43 bits per heavy atom. The Morgan fingerprint density at radius 3 is 2.86 bits per heavy atom. The molecule has 14 heavy (non-hydrogen) atoms. The molecular formula is C10H15ClN2O. The van der Waals surface area contributed by atoms with E-state index >= 15 is 0 Å². The Kier molecular flexibility index (Phi) is 4.84. The number of nitrogens with zero attached hydrogens (tertiary/aromatic N) is 2. The maximum absolute atomic E-state index is 5.86. The molecule has 0 saturated carbocycles. The Labute approximate surface area is 89.5 Å². The van der Waals surface area contributed by atoms with Gasteiger partial charge in [-0.15, -0.1) is 0 Å². The Balaban J connectivity index is 2.73.